The number of carbonyl (C=O) groups excluding carboxylic acids is 1. The molecule has 3 aromatic rings. The normalized spacial score (nSPS) is 10.9. The molecule has 0 amide bonds. The van der Waals surface area contributed by atoms with Gasteiger partial charge in [-0.1, -0.05) is 30.3 Å². The number of rotatable bonds is 5. The van der Waals surface area contributed by atoms with E-state index >= 15 is 0 Å². The molecule has 0 unspecified atom stereocenters. The van der Waals surface area contributed by atoms with Crippen LogP contribution in [0.2, 0.25) is 0 Å². The molecule has 0 fully saturated rings. The number of ether oxygens (including phenoxy) is 1. The standard InChI is InChI=1S/C17H15FN2O2S/c1-2-22-17(21)16-14-8-13(9-15(18)20(14)11-19-16)23-10-12-6-4-3-5-7-12/h3-9,11H,2,10H2,1H3. The van der Waals surface area contributed by atoms with Gasteiger partial charge in [0, 0.05) is 16.7 Å². The maximum atomic E-state index is 14.2. The van der Waals surface area contributed by atoms with Crippen molar-refractivity contribution >= 4 is 23.2 Å². The molecular formula is C17H15FN2O2S. The van der Waals surface area contributed by atoms with Gasteiger partial charge in [0.2, 0.25) is 5.95 Å². The van der Waals surface area contributed by atoms with Gasteiger partial charge in [-0.25, -0.2) is 9.78 Å². The summed E-state index contributed by atoms with van der Waals surface area (Å²) in [5.41, 5.74) is 1.70. The zero-order valence-electron chi connectivity index (χ0n) is 12.5. The van der Waals surface area contributed by atoms with Crippen molar-refractivity contribution in [2.45, 2.75) is 17.6 Å². The monoisotopic (exact) mass is 330 g/mol. The molecule has 0 aliphatic carbocycles. The van der Waals surface area contributed by atoms with Gasteiger partial charge in [0.05, 0.1) is 12.1 Å². The summed E-state index contributed by atoms with van der Waals surface area (Å²) in [7, 11) is 0. The number of fused-ring (bicyclic) bond motifs is 1. The number of benzene rings is 1. The number of pyridine rings is 1. The van der Waals surface area contributed by atoms with Gasteiger partial charge in [-0.2, -0.15) is 4.39 Å². The molecule has 4 nitrogen and oxygen atoms in total. The molecule has 23 heavy (non-hydrogen) atoms. The number of aromatic nitrogens is 2. The lowest BCUT2D eigenvalue weighted by Gasteiger charge is -2.05. The SMILES string of the molecule is CCOC(=O)c1ncn2c(F)cc(SCc3ccccc3)cc12. The van der Waals surface area contributed by atoms with Crippen LogP contribution in [-0.2, 0) is 10.5 Å². The summed E-state index contributed by atoms with van der Waals surface area (Å²) in [5.74, 6) is -0.278. The van der Waals surface area contributed by atoms with Crippen molar-refractivity contribution < 1.29 is 13.9 Å². The Morgan fingerprint density at radius 2 is 2.09 bits per heavy atom. The Morgan fingerprint density at radius 3 is 2.83 bits per heavy atom. The number of hydrogen-bond acceptors (Lipinski definition) is 4. The van der Waals surface area contributed by atoms with E-state index in [0.717, 1.165) is 16.2 Å². The number of imidazole rings is 1. The Bertz CT molecular complexity index is 833. The Kier molecular flexibility index (Phi) is 4.62. The minimum atomic E-state index is -0.542. The highest BCUT2D eigenvalue weighted by atomic mass is 32.2. The number of esters is 1. The Labute approximate surface area is 137 Å². The first-order valence-corrected chi connectivity index (χ1v) is 8.18. The van der Waals surface area contributed by atoms with Gasteiger partial charge in [-0.3, -0.25) is 4.40 Å². The van der Waals surface area contributed by atoms with Gasteiger partial charge in [0.1, 0.15) is 6.33 Å². The average Bonchev–Trinajstić information content (AvgIpc) is 2.99. The van der Waals surface area contributed by atoms with Gasteiger partial charge in [-0.05, 0) is 18.6 Å². The second-order valence-corrected chi connectivity index (χ2v) is 5.91. The number of halogens is 1. The zero-order chi connectivity index (χ0) is 16.2. The highest BCUT2D eigenvalue weighted by Gasteiger charge is 2.17. The van der Waals surface area contributed by atoms with Gasteiger partial charge in [0.15, 0.2) is 5.69 Å². The summed E-state index contributed by atoms with van der Waals surface area (Å²) in [6.45, 7) is 1.97. The summed E-state index contributed by atoms with van der Waals surface area (Å²) in [4.78, 5) is 16.6. The van der Waals surface area contributed by atoms with Crippen LogP contribution in [0.4, 0.5) is 4.39 Å². The molecule has 0 aliphatic rings. The van der Waals surface area contributed by atoms with E-state index < -0.39 is 11.9 Å². The molecule has 0 saturated carbocycles. The summed E-state index contributed by atoms with van der Waals surface area (Å²) >= 11 is 1.51. The summed E-state index contributed by atoms with van der Waals surface area (Å²) in [6.07, 6.45) is 1.29. The van der Waals surface area contributed by atoms with Crippen LogP contribution in [0, 0.1) is 5.95 Å². The number of thioether (sulfide) groups is 1. The quantitative estimate of drug-likeness (QED) is 0.404. The second-order valence-electron chi connectivity index (χ2n) is 4.86. The van der Waals surface area contributed by atoms with E-state index in [1.54, 1.807) is 13.0 Å². The van der Waals surface area contributed by atoms with Crippen LogP contribution >= 0.6 is 11.8 Å². The predicted molar refractivity (Wildman–Crippen MR) is 87.1 cm³/mol. The third-order valence-electron chi connectivity index (χ3n) is 3.29. The molecule has 3 rings (SSSR count). The molecule has 0 N–H and O–H groups in total. The van der Waals surface area contributed by atoms with Crippen molar-refractivity contribution in [2.24, 2.45) is 0 Å². The van der Waals surface area contributed by atoms with Crippen LogP contribution in [0.15, 0.2) is 53.7 Å². The van der Waals surface area contributed by atoms with E-state index in [2.05, 4.69) is 4.98 Å². The average molecular weight is 330 g/mol. The fraction of sp³-hybridized carbons (Fsp3) is 0.176. The maximum Gasteiger partial charge on any atom is 0.359 e. The molecule has 6 heteroatoms. The van der Waals surface area contributed by atoms with E-state index in [9.17, 15) is 9.18 Å². The third kappa shape index (κ3) is 3.37. The van der Waals surface area contributed by atoms with E-state index in [1.165, 1.54) is 28.6 Å². The fourth-order valence-electron chi connectivity index (χ4n) is 2.21. The van der Waals surface area contributed by atoms with E-state index in [0.29, 0.717) is 5.52 Å². The second kappa shape index (κ2) is 6.83. The lowest BCUT2D eigenvalue weighted by atomic mass is 10.2. The fourth-order valence-corrected chi connectivity index (χ4v) is 3.11. The van der Waals surface area contributed by atoms with Gasteiger partial charge in [0.25, 0.3) is 0 Å². The molecular weight excluding hydrogens is 315 g/mol. The van der Waals surface area contributed by atoms with Crippen molar-refractivity contribution in [2.75, 3.05) is 6.61 Å². The van der Waals surface area contributed by atoms with Crippen molar-refractivity contribution in [3.8, 4) is 0 Å². The molecule has 1 aromatic carbocycles. The maximum absolute atomic E-state index is 14.2. The molecule has 0 saturated heterocycles. The molecule has 0 aliphatic heterocycles. The minimum absolute atomic E-state index is 0.132. The highest BCUT2D eigenvalue weighted by molar-refractivity contribution is 7.98. The van der Waals surface area contributed by atoms with Crippen molar-refractivity contribution in [1.82, 2.24) is 9.38 Å². The van der Waals surface area contributed by atoms with Crippen molar-refractivity contribution in [1.29, 1.82) is 0 Å². The topological polar surface area (TPSA) is 43.6 Å². The smallest absolute Gasteiger partial charge is 0.359 e. The van der Waals surface area contributed by atoms with Gasteiger partial charge in [-0.15, -0.1) is 11.8 Å². The highest BCUT2D eigenvalue weighted by Crippen LogP contribution is 2.26. The molecule has 0 spiro atoms. The number of hydrogen-bond donors (Lipinski definition) is 0. The first-order chi connectivity index (χ1) is 11.2. The van der Waals surface area contributed by atoms with Gasteiger partial charge < -0.3 is 4.74 Å². The van der Waals surface area contributed by atoms with Crippen LogP contribution in [0.1, 0.15) is 23.0 Å². The summed E-state index contributed by atoms with van der Waals surface area (Å²) in [6, 6.07) is 13.1. The molecule has 0 bridgehead atoms. The summed E-state index contributed by atoms with van der Waals surface area (Å²) in [5, 5.41) is 0. The largest absolute Gasteiger partial charge is 0.461 e. The molecule has 2 heterocycles. The van der Waals surface area contributed by atoms with Gasteiger partial charge >= 0.3 is 5.97 Å². The van der Waals surface area contributed by atoms with E-state index in [4.69, 9.17) is 4.74 Å². The molecule has 118 valence electrons. The zero-order valence-corrected chi connectivity index (χ0v) is 13.3. The molecule has 0 radical (unpaired) electrons. The van der Waals surface area contributed by atoms with Crippen LogP contribution in [-0.4, -0.2) is 22.0 Å². The first-order valence-electron chi connectivity index (χ1n) is 7.19. The third-order valence-corrected chi connectivity index (χ3v) is 4.34. The first kappa shape index (κ1) is 15.6. The number of carbonyl (C=O) groups is 1. The summed E-state index contributed by atoms with van der Waals surface area (Å²) < 4.78 is 20.4. The molecule has 2 aromatic heterocycles. The number of nitrogens with zero attached hydrogens (tertiary/aromatic N) is 2. The van der Waals surface area contributed by atoms with Crippen LogP contribution < -0.4 is 0 Å². The van der Waals surface area contributed by atoms with Crippen LogP contribution in [0.5, 0.6) is 0 Å². The predicted octanol–water partition coefficient (Wildman–Crippen LogP) is 3.94. The lowest BCUT2D eigenvalue weighted by Crippen LogP contribution is -2.06. The van der Waals surface area contributed by atoms with Crippen molar-refractivity contribution in [3.63, 3.8) is 0 Å². The lowest BCUT2D eigenvalue weighted by molar-refractivity contribution is 0.0522. The van der Waals surface area contributed by atoms with Crippen LogP contribution in [0.3, 0.4) is 0 Å². The van der Waals surface area contributed by atoms with E-state index in [-0.39, 0.29) is 12.3 Å². The van der Waals surface area contributed by atoms with Crippen LogP contribution in [0.25, 0.3) is 5.52 Å². The van der Waals surface area contributed by atoms with E-state index in [1.807, 2.05) is 30.3 Å². The Balaban J connectivity index is 1.89. The molecule has 0 atom stereocenters. The Hall–Kier alpha value is -2.34. The Morgan fingerprint density at radius 1 is 1.30 bits per heavy atom. The van der Waals surface area contributed by atoms with Crippen molar-refractivity contribution in [3.05, 3.63) is 66.0 Å². The minimum Gasteiger partial charge on any atom is -0.461 e.